The van der Waals surface area contributed by atoms with E-state index in [0.29, 0.717) is 6.54 Å². The molecule has 0 bridgehead atoms. The number of carbonyl (C=O) groups excluding carboxylic acids is 2. The molecule has 2 amide bonds. The van der Waals surface area contributed by atoms with Gasteiger partial charge in [0.2, 0.25) is 5.91 Å². The van der Waals surface area contributed by atoms with Crippen LogP contribution >= 0.6 is 0 Å². The van der Waals surface area contributed by atoms with Gasteiger partial charge < -0.3 is 19.9 Å². The van der Waals surface area contributed by atoms with Crippen LogP contribution in [-0.2, 0) is 16.1 Å². The van der Waals surface area contributed by atoms with E-state index in [4.69, 9.17) is 4.74 Å². The highest BCUT2D eigenvalue weighted by Crippen LogP contribution is 2.16. The van der Waals surface area contributed by atoms with E-state index >= 15 is 0 Å². The molecule has 0 unspecified atom stereocenters. The van der Waals surface area contributed by atoms with Crippen molar-refractivity contribution < 1.29 is 19.2 Å². The Morgan fingerprint density at radius 2 is 1.96 bits per heavy atom. The number of quaternary nitrogens is 1. The monoisotopic (exact) mass is 320 g/mol. The van der Waals surface area contributed by atoms with Crippen LogP contribution in [0.5, 0.6) is 5.75 Å². The molecule has 0 spiro atoms. The van der Waals surface area contributed by atoms with Crippen LogP contribution in [0.4, 0.5) is 0 Å². The van der Waals surface area contributed by atoms with E-state index in [0.717, 1.165) is 37.5 Å². The third-order valence-electron chi connectivity index (χ3n) is 4.50. The molecule has 6 nitrogen and oxygen atoms in total. The maximum absolute atomic E-state index is 12.4. The second kappa shape index (κ2) is 7.97. The first kappa shape index (κ1) is 17.3. The first-order chi connectivity index (χ1) is 11.0. The fourth-order valence-electron chi connectivity index (χ4n) is 2.91. The third-order valence-corrected chi connectivity index (χ3v) is 4.50. The predicted molar refractivity (Wildman–Crippen MR) is 87.3 cm³/mol. The van der Waals surface area contributed by atoms with Crippen molar-refractivity contribution in [2.24, 2.45) is 0 Å². The van der Waals surface area contributed by atoms with Crippen molar-refractivity contribution in [3.63, 3.8) is 0 Å². The van der Waals surface area contributed by atoms with Gasteiger partial charge >= 0.3 is 0 Å². The van der Waals surface area contributed by atoms with E-state index in [9.17, 15) is 9.59 Å². The lowest BCUT2D eigenvalue weighted by molar-refractivity contribution is -0.918. The van der Waals surface area contributed by atoms with Gasteiger partial charge in [-0.1, -0.05) is 18.2 Å². The van der Waals surface area contributed by atoms with Crippen molar-refractivity contribution in [3.8, 4) is 5.75 Å². The zero-order valence-corrected chi connectivity index (χ0v) is 14.1. The van der Waals surface area contributed by atoms with Gasteiger partial charge in [-0.2, -0.15) is 0 Å². The van der Waals surface area contributed by atoms with Crippen LogP contribution < -0.4 is 15.0 Å². The van der Waals surface area contributed by atoms with Crippen molar-refractivity contribution in [2.75, 3.05) is 33.3 Å². The summed E-state index contributed by atoms with van der Waals surface area (Å²) in [7, 11) is 1.63. The lowest BCUT2D eigenvalue weighted by atomic mass is 10.1. The molecule has 0 aliphatic carbocycles. The molecule has 1 aromatic carbocycles. The molecule has 1 aliphatic rings. The highest BCUT2D eigenvalue weighted by molar-refractivity contribution is 5.80. The van der Waals surface area contributed by atoms with Gasteiger partial charge in [-0.25, -0.2) is 0 Å². The number of hydrogen-bond acceptors (Lipinski definition) is 3. The Kier molecular flexibility index (Phi) is 5.98. The Labute approximate surface area is 137 Å². The molecule has 1 saturated heterocycles. The predicted octanol–water partition coefficient (Wildman–Crippen LogP) is -0.553. The summed E-state index contributed by atoms with van der Waals surface area (Å²) in [6.07, 6.45) is 0. The molecule has 1 aliphatic heterocycles. The van der Waals surface area contributed by atoms with Gasteiger partial charge in [-0.15, -0.1) is 0 Å². The molecule has 1 fully saturated rings. The number of nitrogens with one attached hydrogen (secondary N) is 2. The lowest BCUT2D eigenvalue weighted by Crippen LogP contribution is -3.19. The molecule has 126 valence electrons. The highest BCUT2D eigenvalue weighted by Gasteiger charge is 2.29. The number of para-hydroxylation sites is 1. The largest absolute Gasteiger partial charge is 0.496 e. The zero-order valence-electron chi connectivity index (χ0n) is 14.1. The van der Waals surface area contributed by atoms with Gasteiger partial charge in [0.25, 0.3) is 5.91 Å². The maximum Gasteiger partial charge on any atom is 0.278 e. The van der Waals surface area contributed by atoms with Crippen LogP contribution in [0, 0.1) is 0 Å². The number of hydrogen-bond donors (Lipinski definition) is 2. The topological polar surface area (TPSA) is 63.1 Å². The smallest absolute Gasteiger partial charge is 0.278 e. The summed E-state index contributed by atoms with van der Waals surface area (Å²) in [5.74, 6) is 0.919. The van der Waals surface area contributed by atoms with Crippen LogP contribution in [0.15, 0.2) is 24.3 Å². The molecule has 1 aromatic rings. The van der Waals surface area contributed by atoms with Crippen molar-refractivity contribution >= 4 is 11.8 Å². The zero-order chi connectivity index (χ0) is 16.8. The van der Waals surface area contributed by atoms with E-state index < -0.39 is 0 Å². The van der Waals surface area contributed by atoms with Gasteiger partial charge in [0.15, 0.2) is 6.04 Å². The van der Waals surface area contributed by atoms with Crippen molar-refractivity contribution in [3.05, 3.63) is 29.8 Å². The number of methoxy groups -OCH3 is 1. The van der Waals surface area contributed by atoms with Crippen LogP contribution in [0.25, 0.3) is 0 Å². The van der Waals surface area contributed by atoms with Crippen molar-refractivity contribution in [2.45, 2.75) is 26.4 Å². The number of rotatable bonds is 5. The molecule has 1 atom stereocenters. The quantitative estimate of drug-likeness (QED) is 0.765. The second-order valence-electron chi connectivity index (χ2n) is 5.92. The Hall–Kier alpha value is -2.08. The third kappa shape index (κ3) is 4.45. The Morgan fingerprint density at radius 1 is 1.30 bits per heavy atom. The molecule has 2 rings (SSSR count). The molecule has 0 aromatic heterocycles. The molecule has 1 heterocycles. The first-order valence-electron chi connectivity index (χ1n) is 8.02. The summed E-state index contributed by atoms with van der Waals surface area (Å²) in [6.45, 7) is 7.04. The van der Waals surface area contributed by atoms with Gasteiger partial charge in [-0.05, 0) is 13.0 Å². The van der Waals surface area contributed by atoms with Crippen LogP contribution in [0.1, 0.15) is 19.4 Å². The lowest BCUT2D eigenvalue weighted by Gasteiger charge is -2.34. The molecule has 0 saturated carbocycles. The summed E-state index contributed by atoms with van der Waals surface area (Å²) in [5, 5.41) is 2.98. The molecular formula is C17H26N3O3+. The number of piperazine rings is 1. The SMILES string of the molecule is COc1ccccc1CNC(=O)[C@@H](C)[NH+]1CCN(C(C)=O)CC1. The van der Waals surface area contributed by atoms with E-state index in [1.54, 1.807) is 14.0 Å². The van der Waals surface area contributed by atoms with Crippen LogP contribution in [0.2, 0.25) is 0 Å². The number of ether oxygens (including phenoxy) is 1. The van der Waals surface area contributed by atoms with Crippen molar-refractivity contribution in [1.82, 2.24) is 10.2 Å². The first-order valence-corrected chi connectivity index (χ1v) is 8.02. The maximum atomic E-state index is 12.4. The Balaban J connectivity index is 1.85. The van der Waals surface area contributed by atoms with Crippen LogP contribution in [-0.4, -0.2) is 56.0 Å². The van der Waals surface area contributed by atoms with Gasteiger partial charge in [0, 0.05) is 19.0 Å². The number of benzene rings is 1. The van der Waals surface area contributed by atoms with Gasteiger partial charge in [-0.3, -0.25) is 9.59 Å². The normalized spacial score (nSPS) is 16.7. The number of carbonyl (C=O) groups is 2. The fourth-order valence-corrected chi connectivity index (χ4v) is 2.91. The Morgan fingerprint density at radius 3 is 2.57 bits per heavy atom. The van der Waals surface area contributed by atoms with Gasteiger partial charge in [0.1, 0.15) is 5.75 Å². The Bertz CT molecular complexity index is 554. The standard InChI is InChI=1S/C17H25N3O3/c1-13(19-8-10-20(11-9-19)14(2)21)17(22)18-12-15-6-4-5-7-16(15)23-3/h4-7,13H,8-12H2,1-3H3,(H,18,22)/p+1/t13-/m1/s1. The number of amides is 2. The van der Waals surface area contributed by atoms with E-state index in [2.05, 4.69) is 5.32 Å². The summed E-state index contributed by atoms with van der Waals surface area (Å²) in [4.78, 5) is 26.8. The average molecular weight is 320 g/mol. The van der Waals surface area contributed by atoms with E-state index in [1.807, 2.05) is 36.1 Å². The summed E-state index contributed by atoms with van der Waals surface area (Å²) in [5.41, 5.74) is 0.965. The average Bonchev–Trinajstić information content (AvgIpc) is 2.59. The summed E-state index contributed by atoms with van der Waals surface area (Å²) in [6, 6.07) is 7.55. The molecule has 2 N–H and O–H groups in total. The van der Waals surface area contributed by atoms with Crippen molar-refractivity contribution in [1.29, 1.82) is 0 Å². The minimum absolute atomic E-state index is 0.0298. The van der Waals surface area contributed by atoms with E-state index in [1.165, 1.54) is 4.90 Å². The van der Waals surface area contributed by atoms with Gasteiger partial charge in [0.05, 0.1) is 33.3 Å². The second-order valence-corrected chi connectivity index (χ2v) is 5.92. The molecular weight excluding hydrogens is 294 g/mol. The minimum atomic E-state index is -0.126. The summed E-state index contributed by atoms with van der Waals surface area (Å²) >= 11 is 0. The highest BCUT2D eigenvalue weighted by atomic mass is 16.5. The summed E-state index contributed by atoms with van der Waals surface area (Å²) < 4.78 is 5.29. The fraction of sp³-hybridized carbons (Fsp3) is 0.529. The molecule has 6 heteroatoms. The van der Waals surface area contributed by atoms with E-state index in [-0.39, 0.29) is 17.9 Å². The molecule has 23 heavy (non-hydrogen) atoms. The van der Waals surface area contributed by atoms with Crippen LogP contribution in [0.3, 0.4) is 0 Å². The number of nitrogens with zero attached hydrogens (tertiary/aromatic N) is 1. The molecule has 0 radical (unpaired) electrons. The minimum Gasteiger partial charge on any atom is -0.496 e.